The number of pyridine rings is 1. The third-order valence-corrected chi connectivity index (χ3v) is 3.06. The van der Waals surface area contributed by atoms with Crippen molar-refractivity contribution in [3.05, 3.63) is 23.9 Å². The molecule has 18 heavy (non-hydrogen) atoms. The first-order chi connectivity index (χ1) is 8.81. The van der Waals surface area contributed by atoms with Crippen LogP contribution in [-0.2, 0) is 6.54 Å². The Labute approximate surface area is 108 Å². The first kappa shape index (κ1) is 12.7. The molecule has 1 aliphatic carbocycles. The number of hydrogen-bond acceptors (Lipinski definition) is 3. The molecule has 5 heteroatoms. The van der Waals surface area contributed by atoms with Gasteiger partial charge in [0, 0.05) is 32.9 Å². The van der Waals surface area contributed by atoms with E-state index in [1.54, 1.807) is 13.2 Å². The van der Waals surface area contributed by atoms with Crippen LogP contribution in [-0.4, -0.2) is 31.1 Å². The summed E-state index contributed by atoms with van der Waals surface area (Å²) in [5.74, 6) is 1.49. The van der Waals surface area contributed by atoms with E-state index in [2.05, 4.69) is 20.6 Å². The smallest absolute Gasteiger partial charge is 0.213 e. The van der Waals surface area contributed by atoms with Gasteiger partial charge < -0.3 is 15.4 Å². The monoisotopic (exact) mass is 248 g/mol. The molecule has 0 amide bonds. The fourth-order valence-electron chi connectivity index (χ4n) is 1.75. The number of nitrogens with zero attached hydrogens (tertiary/aromatic N) is 2. The Morgan fingerprint density at radius 3 is 3.00 bits per heavy atom. The number of rotatable bonds is 4. The van der Waals surface area contributed by atoms with Crippen molar-refractivity contribution >= 4 is 5.96 Å². The second-order valence-corrected chi connectivity index (χ2v) is 4.35. The third kappa shape index (κ3) is 3.35. The summed E-state index contributed by atoms with van der Waals surface area (Å²) in [7, 11) is 3.59. The maximum atomic E-state index is 5.77. The van der Waals surface area contributed by atoms with Crippen molar-refractivity contribution in [2.45, 2.75) is 31.9 Å². The Morgan fingerprint density at radius 1 is 1.56 bits per heavy atom. The summed E-state index contributed by atoms with van der Waals surface area (Å²) in [6.45, 7) is 0.705. The molecule has 0 unspecified atom stereocenters. The molecule has 5 nitrogen and oxygen atoms in total. The average molecular weight is 248 g/mol. The molecule has 1 aromatic heterocycles. The van der Waals surface area contributed by atoms with Crippen LogP contribution in [0.2, 0.25) is 0 Å². The summed E-state index contributed by atoms with van der Waals surface area (Å²) in [5, 5.41) is 6.18. The summed E-state index contributed by atoms with van der Waals surface area (Å²) >= 11 is 0. The van der Waals surface area contributed by atoms with Gasteiger partial charge in [-0.3, -0.25) is 4.99 Å². The quantitative estimate of drug-likeness (QED) is 0.623. The first-order valence-electron chi connectivity index (χ1n) is 6.32. The van der Waals surface area contributed by atoms with Gasteiger partial charge in [-0.05, 0) is 30.9 Å². The molecule has 0 spiro atoms. The van der Waals surface area contributed by atoms with Gasteiger partial charge in [-0.15, -0.1) is 0 Å². The van der Waals surface area contributed by atoms with Gasteiger partial charge in [-0.2, -0.15) is 0 Å². The van der Waals surface area contributed by atoms with E-state index in [0.717, 1.165) is 30.2 Å². The molecular formula is C13H20N4O. The Bertz CT molecular complexity index is 415. The van der Waals surface area contributed by atoms with Crippen LogP contribution in [0.4, 0.5) is 0 Å². The van der Waals surface area contributed by atoms with Gasteiger partial charge in [0.1, 0.15) is 6.10 Å². The molecule has 2 rings (SSSR count). The van der Waals surface area contributed by atoms with Gasteiger partial charge in [0.15, 0.2) is 5.96 Å². The van der Waals surface area contributed by atoms with Crippen LogP contribution in [0.15, 0.2) is 23.3 Å². The fraction of sp³-hybridized carbons (Fsp3) is 0.538. The molecule has 1 fully saturated rings. The van der Waals surface area contributed by atoms with Crippen LogP contribution < -0.4 is 15.4 Å². The lowest BCUT2D eigenvalue weighted by molar-refractivity contribution is 0.114. The van der Waals surface area contributed by atoms with E-state index in [0.29, 0.717) is 12.6 Å². The second-order valence-electron chi connectivity index (χ2n) is 4.35. The molecule has 98 valence electrons. The van der Waals surface area contributed by atoms with Crippen LogP contribution in [0.3, 0.4) is 0 Å². The molecule has 2 N–H and O–H groups in total. The lowest BCUT2D eigenvalue weighted by Crippen LogP contribution is -2.34. The highest BCUT2D eigenvalue weighted by Crippen LogP contribution is 2.24. The van der Waals surface area contributed by atoms with Crippen molar-refractivity contribution in [3.8, 4) is 5.88 Å². The Morgan fingerprint density at radius 2 is 2.39 bits per heavy atom. The summed E-state index contributed by atoms with van der Waals surface area (Å²) < 4.78 is 5.77. The zero-order chi connectivity index (χ0) is 12.8. The van der Waals surface area contributed by atoms with Crippen molar-refractivity contribution in [2.24, 2.45) is 4.99 Å². The minimum atomic E-state index is 0.366. The summed E-state index contributed by atoms with van der Waals surface area (Å²) in [4.78, 5) is 8.30. The maximum Gasteiger partial charge on any atom is 0.213 e. The highest BCUT2D eigenvalue weighted by Gasteiger charge is 2.19. The lowest BCUT2D eigenvalue weighted by Gasteiger charge is -2.25. The third-order valence-electron chi connectivity index (χ3n) is 3.06. The van der Waals surface area contributed by atoms with E-state index in [9.17, 15) is 0 Å². The highest BCUT2D eigenvalue weighted by molar-refractivity contribution is 5.79. The Balaban J connectivity index is 1.89. The standard InChI is InChI=1S/C13H20N4O/c1-14-13(15-2)17-9-10-6-7-16-12(8-10)18-11-4-3-5-11/h6-8,11H,3-5,9H2,1-2H3,(H2,14,15,17). The van der Waals surface area contributed by atoms with Gasteiger partial charge in [-0.1, -0.05) is 0 Å². The van der Waals surface area contributed by atoms with Crippen molar-refractivity contribution < 1.29 is 4.74 Å². The Kier molecular flexibility index (Phi) is 4.39. The molecule has 1 heterocycles. The molecule has 0 radical (unpaired) electrons. The van der Waals surface area contributed by atoms with E-state index in [1.165, 1.54) is 6.42 Å². The number of aromatic nitrogens is 1. The minimum Gasteiger partial charge on any atom is -0.474 e. The van der Waals surface area contributed by atoms with E-state index < -0.39 is 0 Å². The highest BCUT2D eigenvalue weighted by atomic mass is 16.5. The SMILES string of the molecule is CN=C(NC)NCc1ccnc(OC2CCC2)c1. The zero-order valence-corrected chi connectivity index (χ0v) is 10.9. The predicted molar refractivity (Wildman–Crippen MR) is 71.8 cm³/mol. The van der Waals surface area contributed by atoms with Crippen molar-refractivity contribution in [3.63, 3.8) is 0 Å². The molecule has 0 aromatic carbocycles. The summed E-state index contributed by atoms with van der Waals surface area (Å²) in [6, 6.07) is 3.96. The van der Waals surface area contributed by atoms with Crippen molar-refractivity contribution in [1.82, 2.24) is 15.6 Å². The predicted octanol–water partition coefficient (Wildman–Crippen LogP) is 1.31. The number of aliphatic imine (C=N–C) groups is 1. The largest absolute Gasteiger partial charge is 0.474 e. The molecule has 0 saturated heterocycles. The molecule has 0 atom stereocenters. The van der Waals surface area contributed by atoms with Crippen LogP contribution in [0, 0.1) is 0 Å². The molecule has 0 bridgehead atoms. The lowest BCUT2D eigenvalue weighted by atomic mass is 9.96. The van der Waals surface area contributed by atoms with Crippen molar-refractivity contribution in [2.75, 3.05) is 14.1 Å². The number of guanidine groups is 1. The second kappa shape index (κ2) is 6.23. The van der Waals surface area contributed by atoms with Crippen LogP contribution in [0.25, 0.3) is 0 Å². The van der Waals surface area contributed by atoms with E-state index in [1.807, 2.05) is 19.2 Å². The average Bonchev–Trinajstić information content (AvgIpc) is 2.36. The first-order valence-corrected chi connectivity index (χ1v) is 6.32. The van der Waals surface area contributed by atoms with Crippen LogP contribution in [0.5, 0.6) is 5.88 Å². The van der Waals surface area contributed by atoms with Crippen molar-refractivity contribution in [1.29, 1.82) is 0 Å². The molecule has 1 aromatic rings. The van der Waals surface area contributed by atoms with E-state index in [4.69, 9.17) is 4.74 Å². The molecule has 1 aliphatic rings. The van der Waals surface area contributed by atoms with Gasteiger partial charge in [0.2, 0.25) is 5.88 Å². The molecule has 1 saturated carbocycles. The van der Waals surface area contributed by atoms with E-state index in [-0.39, 0.29) is 0 Å². The maximum absolute atomic E-state index is 5.77. The molecular weight excluding hydrogens is 228 g/mol. The Hall–Kier alpha value is -1.78. The number of hydrogen-bond donors (Lipinski definition) is 2. The topological polar surface area (TPSA) is 58.5 Å². The van der Waals surface area contributed by atoms with E-state index >= 15 is 0 Å². The zero-order valence-electron chi connectivity index (χ0n) is 10.9. The number of ether oxygens (including phenoxy) is 1. The van der Waals surface area contributed by atoms with Gasteiger partial charge >= 0.3 is 0 Å². The van der Waals surface area contributed by atoms with Gasteiger partial charge in [0.25, 0.3) is 0 Å². The molecule has 0 aliphatic heterocycles. The minimum absolute atomic E-state index is 0.366. The van der Waals surface area contributed by atoms with Crippen LogP contribution in [0.1, 0.15) is 24.8 Å². The fourth-order valence-corrected chi connectivity index (χ4v) is 1.75. The summed E-state index contributed by atoms with van der Waals surface area (Å²) in [6.07, 6.45) is 5.72. The normalized spacial score (nSPS) is 16.0. The van der Waals surface area contributed by atoms with Gasteiger partial charge in [-0.25, -0.2) is 4.98 Å². The number of nitrogens with one attached hydrogen (secondary N) is 2. The van der Waals surface area contributed by atoms with Gasteiger partial charge in [0.05, 0.1) is 0 Å². The summed E-state index contributed by atoms with van der Waals surface area (Å²) in [5.41, 5.74) is 1.13. The van der Waals surface area contributed by atoms with Crippen LogP contribution >= 0.6 is 0 Å².